The Morgan fingerprint density at radius 1 is 1.25 bits per heavy atom. The molecule has 0 saturated carbocycles. The summed E-state index contributed by atoms with van der Waals surface area (Å²) in [7, 11) is 1.50. The molecular weight excluding hydrogens is 485 g/mol. The fourth-order valence-corrected chi connectivity index (χ4v) is 3.64. The molecule has 1 atom stereocenters. The summed E-state index contributed by atoms with van der Waals surface area (Å²) in [6.45, 7) is 6.81. The highest BCUT2D eigenvalue weighted by Crippen LogP contribution is 2.40. The minimum atomic E-state index is -1.58. The van der Waals surface area contributed by atoms with Crippen LogP contribution in [0.25, 0.3) is 0 Å². The lowest BCUT2D eigenvalue weighted by Gasteiger charge is -2.49. The van der Waals surface area contributed by atoms with Crippen molar-refractivity contribution in [1.82, 2.24) is 10.0 Å². The summed E-state index contributed by atoms with van der Waals surface area (Å²) < 4.78 is 29.1. The number of hydrogen-bond acceptors (Lipinski definition) is 4. The average Bonchev–Trinajstić information content (AvgIpc) is 2.57. The van der Waals surface area contributed by atoms with Crippen molar-refractivity contribution in [3.8, 4) is 0 Å². The first kappa shape index (κ1) is 22.5. The summed E-state index contributed by atoms with van der Waals surface area (Å²) in [5.41, 5.74) is -2.06. The first-order valence-corrected chi connectivity index (χ1v) is 9.77. The molecular formula is C19H23F2IN2O4. The van der Waals surface area contributed by atoms with Gasteiger partial charge in [-0.3, -0.25) is 9.80 Å². The predicted octanol–water partition coefficient (Wildman–Crippen LogP) is 4.02. The van der Waals surface area contributed by atoms with E-state index in [-0.39, 0.29) is 21.5 Å². The number of hydrazine groups is 1. The van der Waals surface area contributed by atoms with Gasteiger partial charge >= 0.3 is 5.97 Å². The van der Waals surface area contributed by atoms with E-state index in [1.807, 2.05) is 13.8 Å². The van der Waals surface area contributed by atoms with Gasteiger partial charge in [-0.25, -0.2) is 18.6 Å². The Hall–Kier alpha value is -1.75. The van der Waals surface area contributed by atoms with Gasteiger partial charge in [0.15, 0.2) is 17.2 Å². The molecule has 2 N–H and O–H groups in total. The van der Waals surface area contributed by atoms with Crippen LogP contribution in [0.3, 0.4) is 0 Å². The van der Waals surface area contributed by atoms with Crippen molar-refractivity contribution in [2.75, 3.05) is 7.05 Å². The van der Waals surface area contributed by atoms with Gasteiger partial charge < -0.3 is 10.2 Å². The molecule has 2 rings (SSSR count). The number of carboxylic acid groups (broad SMARTS) is 1. The zero-order valence-corrected chi connectivity index (χ0v) is 18.4. The number of carboxylic acids is 1. The highest BCUT2D eigenvalue weighted by molar-refractivity contribution is 14.1. The van der Waals surface area contributed by atoms with Crippen LogP contribution in [0.15, 0.2) is 23.5 Å². The van der Waals surface area contributed by atoms with Crippen LogP contribution in [-0.2, 0) is 9.59 Å². The molecule has 0 saturated heterocycles. The van der Waals surface area contributed by atoms with E-state index in [0.29, 0.717) is 0 Å². The maximum Gasteiger partial charge on any atom is 0.344 e. The van der Waals surface area contributed by atoms with Gasteiger partial charge in [-0.05, 0) is 54.8 Å². The SMILES string of the molecule is CC(C)CC(c1ccc(I)c(F)c1F)N1C(=O)C(C(=O)O)=C(O)C(C)(C)N1C. The van der Waals surface area contributed by atoms with E-state index in [1.54, 1.807) is 36.4 Å². The third-order valence-electron chi connectivity index (χ3n) is 5.00. The monoisotopic (exact) mass is 508 g/mol. The summed E-state index contributed by atoms with van der Waals surface area (Å²) in [5.74, 6) is -5.24. The first-order valence-electron chi connectivity index (χ1n) is 8.70. The van der Waals surface area contributed by atoms with Crippen molar-refractivity contribution in [1.29, 1.82) is 0 Å². The first-order chi connectivity index (χ1) is 12.8. The van der Waals surface area contributed by atoms with Gasteiger partial charge in [0.05, 0.1) is 15.2 Å². The second kappa shape index (κ2) is 7.94. The van der Waals surface area contributed by atoms with E-state index in [1.165, 1.54) is 24.2 Å². The topological polar surface area (TPSA) is 81.1 Å². The number of amides is 1. The highest BCUT2D eigenvalue weighted by atomic mass is 127. The number of aliphatic hydroxyl groups is 1. The van der Waals surface area contributed by atoms with Gasteiger partial charge in [0.1, 0.15) is 5.76 Å². The standard InChI is InChI=1S/C19H23F2IN2O4/c1-9(2)8-12(10-6-7-11(22)15(21)14(10)20)24-17(26)13(18(27)28)16(25)19(3,4)23(24)5/h6-7,9,12,25H,8H2,1-5H3,(H,27,28). The molecule has 9 heteroatoms. The molecule has 1 heterocycles. The van der Waals surface area contributed by atoms with E-state index < -0.39 is 46.4 Å². The fraction of sp³-hybridized carbons (Fsp3) is 0.474. The summed E-state index contributed by atoms with van der Waals surface area (Å²) in [5, 5.41) is 22.3. The molecule has 0 radical (unpaired) electrons. The number of nitrogens with zero attached hydrogens (tertiary/aromatic N) is 2. The Morgan fingerprint density at radius 2 is 1.82 bits per heavy atom. The second-order valence-electron chi connectivity index (χ2n) is 7.67. The molecule has 0 aromatic heterocycles. The molecule has 1 unspecified atom stereocenters. The van der Waals surface area contributed by atoms with E-state index in [0.717, 1.165) is 5.01 Å². The number of hydrogen-bond donors (Lipinski definition) is 2. The maximum absolute atomic E-state index is 14.8. The molecule has 1 aromatic carbocycles. The van der Waals surface area contributed by atoms with Gasteiger partial charge in [0.25, 0.3) is 5.91 Å². The lowest BCUT2D eigenvalue weighted by molar-refractivity contribution is -0.169. The number of aliphatic carboxylic acids is 1. The predicted molar refractivity (Wildman–Crippen MR) is 107 cm³/mol. The number of likely N-dealkylation sites (N-methyl/N-ethyl adjacent to an activating group) is 1. The Kier molecular flexibility index (Phi) is 6.39. The summed E-state index contributed by atoms with van der Waals surface area (Å²) in [4.78, 5) is 24.6. The van der Waals surface area contributed by atoms with Gasteiger partial charge in [-0.1, -0.05) is 19.9 Å². The van der Waals surface area contributed by atoms with Gasteiger partial charge in [0.2, 0.25) is 0 Å². The summed E-state index contributed by atoms with van der Waals surface area (Å²) in [6.07, 6.45) is 0.261. The number of benzene rings is 1. The van der Waals surface area contributed by atoms with Crippen LogP contribution >= 0.6 is 22.6 Å². The Bertz CT molecular complexity index is 855. The van der Waals surface area contributed by atoms with E-state index in [2.05, 4.69) is 0 Å². The Morgan fingerprint density at radius 3 is 2.32 bits per heavy atom. The normalized spacial score (nSPS) is 18.8. The van der Waals surface area contributed by atoms with Crippen molar-refractivity contribution in [2.45, 2.75) is 45.7 Å². The summed E-state index contributed by atoms with van der Waals surface area (Å²) >= 11 is 1.67. The molecule has 1 amide bonds. The average molecular weight is 508 g/mol. The van der Waals surface area contributed by atoms with Gasteiger partial charge in [-0.2, -0.15) is 0 Å². The zero-order chi connectivity index (χ0) is 21.5. The number of aliphatic hydroxyl groups excluding tert-OH is 1. The van der Waals surface area contributed by atoms with Crippen molar-refractivity contribution in [2.24, 2.45) is 5.92 Å². The lowest BCUT2D eigenvalue weighted by atomic mass is 9.90. The molecule has 6 nitrogen and oxygen atoms in total. The van der Waals surface area contributed by atoms with Crippen molar-refractivity contribution >= 4 is 34.5 Å². The van der Waals surface area contributed by atoms with Crippen LogP contribution in [-0.4, -0.2) is 44.7 Å². The largest absolute Gasteiger partial charge is 0.509 e. The zero-order valence-electron chi connectivity index (χ0n) is 16.3. The van der Waals surface area contributed by atoms with E-state index in [4.69, 9.17) is 0 Å². The smallest absolute Gasteiger partial charge is 0.344 e. The highest BCUT2D eigenvalue weighted by Gasteiger charge is 2.49. The molecule has 154 valence electrons. The summed E-state index contributed by atoms with van der Waals surface area (Å²) in [6, 6.07) is 1.86. The van der Waals surface area contributed by atoms with Gasteiger partial charge in [-0.15, -0.1) is 0 Å². The number of rotatable bonds is 5. The third-order valence-corrected chi connectivity index (χ3v) is 5.83. The van der Waals surface area contributed by atoms with Crippen LogP contribution < -0.4 is 0 Å². The van der Waals surface area contributed by atoms with Crippen LogP contribution in [0.4, 0.5) is 8.78 Å². The molecule has 0 spiro atoms. The maximum atomic E-state index is 14.8. The van der Waals surface area contributed by atoms with Crippen LogP contribution in [0.2, 0.25) is 0 Å². The molecule has 28 heavy (non-hydrogen) atoms. The molecule has 1 aliphatic rings. The fourth-order valence-electron chi connectivity index (χ4n) is 3.23. The van der Waals surface area contributed by atoms with Crippen molar-refractivity contribution in [3.05, 3.63) is 44.2 Å². The molecule has 0 aliphatic carbocycles. The minimum Gasteiger partial charge on any atom is -0.509 e. The van der Waals surface area contributed by atoms with Crippen LogP contribution in [0, 0.1) is 21.1 Å². The molecule has 1 aromatic rings. The Labute approximate surface area is 175 Å². The second-order valence-corrected chi connectivity index (χ2v) is 8.83. The van der Waals surface area contributed by atoms with Crippen molar-refractivity contribution in [3.63, 3.8) is 0 Å². The van der Waals surface area contributed by atoms with Gasteiger partial charge in [0, 0.05) is 12.6 Å². The third kappa shape index (κ3) is 3.73. The Balaban J connectivity index is 2.72. The van der Waals surface area contributed by atoms with E-state index >= 15 is 0 Å². The van der Waals surface area contributed by atoms with Crippen molar-refractivity contribution < 1.29 is 28.6 Å². The number of carbonyl (C=O) groups is 2. The lowest BCUT2D eigenvalue weighted by Crippen LogP contribution is -2.61. The molecule has 1 aliphatic heterocycles. The van der Waals surface area contributed by atoms with Crippen LogP contribution in [0.1, 0.15) is 45.7 Å². The quantitative estimate of drug-likeness (QED) is 0.357. The number of carbonyl (C=O) groups excluding carboxylic acids is 1. The minimum absolute atomic E-state index is 0.0103. The molecule has 0 fully saturated rings. The van der Waals surface area contributed by atoms with Crippen LogP contribution in [0.5, 0.6) is 0 Å². The number of halogens is 3. The van der Waals surface area contributed by atoms with E-state index in [9.17, 15) is 28.6 Å². The molecule has 0 bridgehead atoms.